The Morgan fingerprint density at radius 3 is 2.85 bits per heavy atom. The second kappa shape index (κ2) is 5.75. The molecule has 1 aromatic heterocycles. The molecule has 1 aliphatic carbocycles. The molecule has 0 saturated heterocycles. The summed E-state index contributed by atoms with van der Waals surface area (Å²) in [5.74, 6) is 0. The molecule has 1 fully saturated rings. The molecule has 1 heterocycles. The van der Waals surface area contributed by atoms with Crippen LogP contribution < -0.4 is 0 Å². The number of hydrogen-bond donors (Lipinski definition) is 0. The lowest BCUT2D eigenvalue weighted by Crippen LogP contribution is -2.08. The van der Waals surface area contributed by atoms with Crippen LogP contribution in [0.3, 0.4) is 0 Å². The molecular weight excluding hydrogens is 272 g/mol. The van der Waals surface area contributed by atoms with Crippen LogP contribution in [0.2, 0.25) is 0 Å². The summed E-state index contributed by atoms with van der Waals surface area (Å²) in [7, 11) is 0. The third-order valence-corrected chi connectivity index (χ3v) is 4.80. The number of carbonyl (C=O) groups excluding carboxylic acids is 1. The van der Waals surface area contributed by atoms with Gasteiger partial charge in [0, 0.05) is 10.5 Å². The molecule has 0 N–H and O–H groups in total. The van der Waals surface area contributed by atoms with Crippen molar-refractivity contribution in [1.82, 2.24) is 20.2 Å². The van der Waals surface area contributed by atoms with Crippen molar-refractivity contribution in [1.29, 1.82) is 0 Å². The zero-order valence-corrected chi connectivity index (χ0v) is 12.1. The van der Waals surface area contributed by atoms with Gasteiger partial charge in [-0.2, -0.15) is 0 Å². The van der Waals surface area contributed by atoms with Crippen LogP contribution in [0.15, 0.2) is 28.3 Å². The largest absolute Gasteiger partial charge is 0.298 e. The average molecular weight is 288 g/mol. The molecule has 3 rings (SSSR count). The van der Waals surface area contributed by atoms with Crippen LogP contribution in [0, 0.1) is 6.92 Å². The molecule has 1 saturated carbocycles. The van der Waals surface area contributed by atoms with E-state index in [1.807, 2.05) is 29.8 Å². The highest BCUT2D eigenvalue weighted by Crippen LogP contribution is 2.34. The molecule has 20 heavy (non-hydrogen) atoms. The number of rotatable bonds is 4. The van der Waals surface area contributed by atoms with Crippen molar-refractivity contribution in [3.05, 3.63) is 29.3 Å². The van der Waals surface area contributed by atoms with Gasteiger partial charge in [0.1, 0.15) is 6.29 Å². The van der Waals surface area contributed by atoms with Gasteiger partial charge in [0.05, 0.1) is 6.04 Å². The molecule has 0 bridgehead atoms. The maximum Gasteiger partial charge on any atom is 0.214 e. The Labute approximate surface area is 121 Å². The summed E-state index contributed by atoms with van der Waals surface area (Å²) in [6, 6.07) is 6.10. The summed E-state index contributed by atoms with van der Waals surface area (Å²) in [5.41, 5.74) is 1.77. The number of aldehydes is 1. The third-order valence-electron chi connectivity index (χ3n) is 3.67. The van der Waals surface area contributed by atoms with E-state index in [1.165, 1.54) is 12.8 Å². The minimum absolute atomic E-state index is 0.432. The van der Waals surface area contributed by atoms with Crippen LogP contribution in [-0.2, 0) is 0 Å². The van der Waals surface area contributed by atoms with Crippen molar-refractivity contribution < 1.29 is 4.79 Å². The molecular formula is C14H16N4OS. The van der Waals surface area contributed by atoms with Gasteiger partial charge in [-0.15, -0.1) is 5.10 Å². The topological polar surface area (TPSA) is 60.7 Å². The zero-order chi connectivity index (χ0) is 13.9. The fraction of sp³-hybridized carbons (Fsp3) is 0.429. The minimum atomic E-state index is 0.432. The first kappa shape index (κ1) is 13.3. The number of tetrazole rings is 1. The summed E-state index contributed by atoms with van der Waals surface area (Å²) < 4.78 is 1.95. The van der Waals surface area contributed by atoms with Crippen molar-refractivity contribution in [2.45, 2.75) is 48.7 Å². The van der Waals surface area contributed by atoms with Crippen LogP contribution in [0.1, 0.15) is 47.6 Å². The van der Waals surface area contributed by atoms with E-state index in [9.17, 15) is 4.79 Å². The number of carbonyl (C=O) groups is 1. The van der Waals surface area contributed by atoms with E-state index in [2.05, 4.69) is 15.5 Å². The maximum atomic E-state index is 10.8. The van der Waals surface area contributed by atoms with Gasteiger partial charge >= 0.3 is 0 Å². The smallest absolute Gasteiger partial charge is 0.214 e. The standard InChI is InChI=1S/C14H16N4OS/c1-10-8-11(9-19)6-7-13(10)20-14-15-16-17-18(14)12-4-2-3-5-12/h6-9,12H,2-5H2,1H3. The molecule has 0 amide bonds. The molecule has 0 aliphatic heterocycles. The summed E-state index contributed by atoms with van der Waals surface area (Å²) in [6.07, 6.45) is 5.68. The summed E-state index contributed by atoms with van der Waals surface area (Å²) in [4.78, 5) is 11.9. The Hall–Kier alpha value is -1.69. The Balaban J connectivity index is 1.84. The van der Waals surface area contributed by atoms with Crippen LogP contribution in [0.5, 0.6) is 0 Å². The van der Waals surface area contributed by atoms with Crippen molar-refractivity contribution in [3.63, 3.8) is 0 Å². The van der Waals surface area contributed by atoms with Gasteiger partial charge in [0.15, 0.2) is 0 Å². The fourth-order valence-electron chi connectivity index (χ4n) is 2.59. The first-order valence-electron chi connectivity index (χ1n) is 6.79. The third kappa shape index (κ3) is 2.60. The molecule has 2 aromatic rings. The molecule has 1 aliphatic rings. The van der Waals surface area contributed by atoms with Crippen LogP contribution in [-0.4, -0.2) is 26.5 Å². The number of benzene rings is 1. The minimum Gasteiger partial charge on any atom is -0.298 e. The molecule has 0 radical (unpaired) electrons. The summed E-state index contributed by atoms with van der Waals surface area (Å²) >= 11 is 1.56. The lowest BCUT2D eigenvalue weighted by Gasteiger charge is -2.11. The van der Waals surface area contributed by atoms with E-state index < -0.39 is 0 Å². The van der Waals surface area contributed by atoms with Crippen molar-refractivity contribution >= 4 is 18.0 Å². The molecule has 5 nitrogen and oxygen atoms in total. The SMILES string of the molecule is Cc1cc(C=O)ccc1Sc1nnnn1C1CCCC1. The van der Waals surface area contributed by atoms with Crippen LogP contribution >= 0.6 is 11.8 Å². The number of aryl methyl sites for hydroxylation is 1. The highest BCUT2D eigenvalue weighted by Gasteiger charge is 2.22. The second-order valence-electron chi connectivity index (χ2n) is 5.09. The molecule has 0 unspecified atom stereocenters. The normalized spacial score (nSPS) is 15.7. The van der Waals surface area contributed by atoms with Crippen molar-refractivity contribution in [3.8, 4) is 0 Å². The van der Waals surface area contributed by atoms with Crippen LogP contribution in [0.25, 0.3) is 0 Å². The number of aromatic nitrogens is 4. The van der Waals surface area contributed by atoms with Crippen molar-refractivity contribution in [2.24, 2.45) is 0 Å². The molecule has 1 aromatic carbocycles. The van der Waals surface area contributed by atoms with Gasteiger partial charge in [-0.05, 0) is 59.7 Å². The van der Waals surface area contributed by atoms with Gasteiger partial charge in [0.25, 0.3) is 0 Å². The first-order chi connectivity index (χ1) is 9.78. The van der Waals surface area contributed by atoms with Gasteiger partial charge < -0.3 is 0 Å². The van der Waals surface area contributed by atoms with E-state index in [0.717, 1.165) is 34.7 Å². The highest BCUT2D eigenvalue weighted by atomic mass is 32.2. The second-order valence-corrected chi connectivity index (χ2v) is 6.10. The fourth-order valence-corrected chi connectivity index (χ4v) is 3.50. The average Bonchev–Trinajstić information content (AvgIpc) is 3.11. The maximum absolute atomic E-state index is 10.8. The van der Waals surface area contributed by atoms with E-state index in [-0.39, 0.29) is 0 Å². The van der Waals surface area contributed by atoms with Gasteiger partial charge in [-0.1, -0.05) is 18.9 Å². The Morgan fingerprint density at radius 2 is 2.15 bits per heavy atom. The summed E-state index contributed by atoms with van der Waals surface area (Å²) in [5, 5.41) is 12.9. The lowest BCUT2D eigenvalue weighted by atomic mass is 10.2. The predicted molar refractivity (Wildman–Crippen MR) is 76.0 cm³/mol. The Bertz CT molecular complexity index is 619. The Morgan fingerprint density at radius 1 is 1.35 bits per heavy atom. The molecule has 104 valence electrons. The Kier molecular flexibility index (Phi) is 3.82. The van der Waals surface area contributed by atoms with Gasteiger partial charge in [0.2, 0.25) is 5.16 Å². The van der Waals surface area contributed by atoms with E-state index >= 15 is 0 Å². The zero-order valence-electron chi connectivity index (χ0n) is 11.3. The van der Waals surface area contributed by atoms with Crippen molar-refractivity contribution in [2.75, 3.05) is 0 Å². The molecule has 0 atom stereocenters. The monoisotopic (exact) mass is 288 g/mol. The van der Waals surface area contributed by atoms with E-state index in [4.69, 9.17) is 0 Å². The van der Waals surface area contributed by atoms with E-state index in [0.29, 0.717) is 11.6 Å². The quantitative estimate of drug-likeness (QED) is 0.809. The first-order valence-corrected chi connectivity index (χ1v) is 7.61. The lowest BCUT2D eigenvalue weighted by molar-refractivity contribution is 0.112. The molecule has 6 heteroatoms. The number of nitrogens with zero attached hydrogens (tertiary/aromatic N) is 4. The van der Waals surface area contributed by atoms with Gasteiger partial charge in [-0.25, -0.2) is 4.68 Å². The molecule has 0 spiro atoms. The predicted octanol–water partition coefficient (Wildman–Crippen LogP) is 3.06. The number of hydrogen-bond acceptors (Lipinski definition) is 5. The highest BCUT2D eigenvalue weighted by molar-refractivity contribution is 7.99. The van der Waals surface area contributed by atoms with Crippen LogP contribution in [0.4, 0.5) is 0 Å². The van der Waals surface area contributed by atoms with Gasteiger partial charge in [-0.3, -0.25) is 4.79 Å². The van der Waals surface area contributed by atoms with E-state index in [1.54, 1.807) is 11.8 Å². The summed E-state index contributed by atoms with van der Waals surface area (Å²) in [6.45, 7) is 2.00.